The maximum Gasteiger partial charge on any atom is 0.191 e. The first-order chi connectivity index (χ1) is 19.7. The van der Waals surface area contributed by atoms with Gasteiger partial charge in [0.2, 0.25) is 0 Å². The lowest BCUT2D eigenvalue weighted by Crippen LogP contribution is -2.24. The van der Waals surface area contributed by atoms with Crippen molar-refractivity contribution in [1.82, 2.24) is 9.97 Å². The average Bonchev–Trinajstić information content (AvgIpc) is 3.34. The zero-order chi connectivity index (χ0) is 29.1. The summed E-state index contributed by atoms with van der Waals surface area (Å²) in [6.07, 6.45) is 0. The predicted octanol–water partition coefficient (Wildman–Crippen LogP) is 5.52. The lowest BCUT2D eigenvalue weighted by atomic mass is 9.89. The molecule has 0 saturated carbocycles. The molecule has 1 aromatic heterocycles. The lowest BCUT2D eigenvalue weighted by Gasteiger charge is -2.14. The molecule has 10 heteroatoms. The minimum Gasteiger partial charge on any atom is -0.381 e. The molecule has 6 N–H and O–H groups in total. The van der Waals surface area contributed by atoms with Gasteiger partial charge < -0.3 is 21.8 Å². The fourth-order valence-electron chi connectivity index (χ4n) is 4.51. The van der Waals surface area contributed by atoms with Gasteiger partial charge in [-0.05, 0) is 61.0 Å². The number of hydrogen-bond acceptors (Lipinski definition) is 5. The summed E-state index contributed by atoms with van der Waals surface area (Å²) in [5.41, 5.74) is 15.2. The molecule has 41 heavy (non-hydrogen) atoms. The van der Waals surface area contributed by atoms with Gasteiger partial charge in [0, 0.05) is 29.4 Å². The van der Waals surface area contributed by atoms with Crippen LogP contribution < -0.4 is 16.8 Å². The number of hydrogen-bond donors (Lipinski definition) is 4. The fraction of sp³-hybridized carbons (Fsp3) is 0.0968. The van der Waals surface area contributed by atoms with Gasteiger partial charge in [-0.3, -0.25) is 9.59 Å². The Labute approximate surface area is 234 Å². The smallest absolute Gasteiger partial charge is 0.191 e. The molecule has 8 nitrogen and oxygen atoms in total. The number of fused-ring (bicyclic) bond motifs is 1. The molecule has 0 aliphatic carbocycles. The highest BCUT2D eigenvalue weighted by molar-refractivity contribution is 6.19. The minimum atomic E-state index is -1.44. The van der Waals surface area contributed by atoms with Gasteiger partial charge in [-0.25, -0.2) is 18.8 Å². The Morgan fingerprint density at radius 1 is 0.902 bits per heavy atom. The number of ketones is 2. The number of imidazole rings is 1. The Hall–Kier alpha value is -5.38. The standard InChI is InChI=1S/C31H26F2N6O2/c1-17-3-2-4-19(11-17)28(40)27(29(41)20-12-21(32)14-22(33)13-20)30-38-25-10-9-24(15-26(25)39-30)36-16-18-5-7-23(8-6-18)37-31(34)35/h2-15,27,36H,16H2,1H3,(H,38,39)(H4,34,35,37). The molecule has 0 spiro atoms. The van der Waals surface area contributed by atoms with Crippen LogP contribution in [0.1, 0.15) is 43.6 Å². The number of carbonyl (C=O) groups is 2. The second-order valence-corrected chi connectivity index (χ2v) is 9.60. The van der Waals surface area contributed by atoms with E-state index in [2.05, 4.69) is 20.3 Å². The third kappa shape index (κ3) is 6.27. The van der Waals surface area contributed by atoms with Crippen LogP contribution in [0.5, 0.6) is 0 Å². The first-order valence-electron chi connectivity index (χ1n) is 12.7. The Balaban J connectivity index is 1.45. The second-order valence-electron chi connectivity index (χ2n) is 9.60. The van der Waals surface area contributed by atoms with Crippen LogP contribution in [0.15, 0.2) is 89.9 Å². The Kier molecular flexibility index (Phi) is 7.55. The Bertz CT molecular complexity index is 1770. The van der Waals surface area contributed by atoms with Crippen LogP contribution in [0.3, 0.4) is 0 Å². The third-order valence-corrected chi connectivity index (χ3v) is 6.44. The molecule has 0 saturated heterocycles. The number of nitrogens with one attached hydrogen (secondary N) is 2. The second kappa shape index (κ2) is 11.4. The highest BCUT2D eigenvalue weighted by Crippen LogP contribution is 2.28. The van der Waals surface area contributed by atoms with Crippen LogP contribution in [0.25, 0.3) is 11.0 Å². The van der Waals surface area contributed by atoms with E-state index in [0.29, 0.717) is 29.3 Å². The zero-order valence-electron chi connectivity index (χ0n) is 22.0. The molecule has 5 aromatic rings. The molecule has 1 atom stereocenters. The summed E-state index contributed by atoms with van der Waals surface area (Å²) >= 11 is 0. The zero-order valence-corrected chi connectivity index (χ0v) is 22.0. The number of guanidine groups is 1. The van der Waals surface area contributed by atoms with Crippen LogP contribution in [0.4, 0.5) is 20.2 Å². The maximum atomic E-state index is 14.0. The van der Waals surface area contributed by atoms with Crippen molar-refractivity contribution in [2.45, 2.75) is 19.4 Å². The summed E-state index contributed by atoms with van der Waals surface area (Å²) in [4.78, 5) is 38.9. The highest BCUT2D eigenvalue weighted by atomic mass is 19.1. The van der Waals surface area contributed by atoms with Gasteiger partial charge >= 0.3 is 0 Å². The molecule has 0 bridgehead atoms. The van der Waals surface area contributed by atoms with E-state index in [1.807, 2.05) is 31.2 Å². The summed E-state index contributed by atoms with van der Waals surface area (Å²) in [6, 6.07) is 22.0. The topological polar surface area (TPSA) is 139 Å². The highest BCUT2D eigenvalue weighted by Gasteiger charge is 2.33. The van der Waals surface area contributed by atoms with Gasteiger partial charge in [0.1, 0.15) is 23.4 Å². The van der Waals surface area contributed by atoms with Crippen LogP contribution in [0, 0.1) is 18.6 Å². The lowest BCUT2D eigenvalue weighted by molar-refractivity contribution is 0.0855. The largest absolute Gasteiger partial charge is 0.381 e. The van der Waals surface area contributed by atoms with Crippen molar-refractivity contribution in [3.63, 3.8) is 0 Å². The van der Waals surface area contributed by atoms with Gasteiger partial charge in [0.05, 0.1) is 16.7 Å². The normalized spacial score (nSPS) is 11.7. The summed E-state index contributed by atoms with van der Waals surface area (Å²) in [5.74, 6) is -4.51. The Morgan fingerprint density at radius 3 is 2.29 bits per heavy atom. The number of Topliss-reactive ketones (excluding diaryl/α,β-unsaturated/α-hetero) is 2. The summed E-state index contributed by atoms with van der Waals surface area (Å²) in [7, 11) is 0. The number of aromatic nitrogens is 2. The van der Waals surface area contributed by atoms with Gasteiger partial charge in [-0.2, -0.15) is 0 Å². The molecule has 0 radical (unpaired) electrons. The number of halogens is 2. The molecule has 0 amide bonds. The molecular formula is C31H26F2N6O2. The summed E-state index contributed by atoms with van der Waals surface area (Å²) < 4.78 is 28.0. The number of carbonyl (C=O) groups excluding carboxylic acids is 2. The number of nitrogens with zero attached hydrogens (tertiary/aromatic N) is 2. The van der Waals surface area contributed by atoms with E-state index in [4.69, 9.17) is 11.5 Å². The van der Waals surface area contributed by atoms with E-state index in [1.165, 1.54) is 0 Å². The number of anilines is 1. The maximum absolute atomic E-state index is 14.0. The SMILES string of the molecule is Cc1cccc(C(=O)C(C(=O)c2cc(F)cc(F)c2)c2nc3ccc(NCc4ccc(N=C(N)N)cc4)cc3[nH]2)c1. The van der Waals surface area contributed by atoms with Crippen molar-refractivity contribution in [3.8, 4) is 0 Å². The molecule has 206 valence electrons. The van der Waals surface area contributed by atoms with Crippen LogP contribution in [0.2, 0.25) is 0 Å². The number of nitrogens with two attached hydrogens (primary N) is 2. The summed E-state index contributed by atoms with van der Waals surface area (Å²) in [6.45, 7) is 2.33. The minimum absolute atomic E-state index is 0.0179. The number of H-pyrrole nitrogens is 1. The summed E-state index contributed by atoms with van der Waals surface area (Å²) in [5, 5.41) is 3.32. The van der Waals surface area contributed by atoms with E-state index in [0.717, 1.165) is 28.9 Å². The van der Waals surface area contributed by atoms with Crippen molar-refractivity contribution in [3.05, 3.63) is 125 Å². The van der Waals surface area contributed by atoms with E-state index in [-0.39, 0.29) is 22.9 Å². The molecule has 4 aromatic carbocycles. The van der Waals surface area contributed by atoms with Crippen molar-refractivity contribution in [2.24, 2.45) is 16.5 Å². The molecule has 0 fully saturated rings. The van der Waals surface area contributed by atoms with Gasteiger partial charge in [-0.15, -0.1) is 0 Å². The fourth-order valence-corrected chi connectivity index (χ4v) is 4.51. The van der Waals surface area contributed by atoms with Crippen molar-refractivity contribution in [2.75, 3.05) is 5.32 Å². The van der Waals surface area contributed by atoms with E-state index in [1.54, 1.807) is 42.5 Å². The molecule has 1 heterocycles. The first kappa shape index (κ1) is 27.2. The number of aliphatic imine (C=N–C) groups is 1. The van der Waals surface area contributed by atoms with Crippen LogP contribution in [-0.4, -0.2) is 27.5 Å². The quantitative estimate of drug-likeness (QED) is 0.0822. The van der Waals surface area contributed by atoms with Gasteiger partial charge in [-0.1, -0.05) is 35.9 Å². The van der Waals surface area contributed by atoms with E-state index < -0.39 is 29.1 Å². The average molecular weight is 553 g/mol. The van der Waals surface area contributed by atoms with Crippen molar-refractivity contribution >= 4 is 39.9 Å². The molecule has 0 aliphatic rings. The van der Waals surface area contributed by atoms with E-state index in [9.17, 15) is 18.4 Å². The number of aromatic amines is 1. The van der Waals surface area contributed by atoms with Crippen LogP contribution >= 0.6 is 0 Å². The first-order valence-corrected chi connectivity index (χ1v) is 12.7. The predicted molar refractivity (Wildman–Crippen MR) is 154 cm³/mol. The van der Waals surface area contributed by atoms with Gasteiger partial charge in [0.15, 0.2) is 17.5 Å². The third-order valence-electron chi connectivity index (χ3n) is 6.44. The number of rotatable bonds is 9. The molecular weight excluding hydrogens is 526 g/mol. The van der Waals surface area contributed by atoms with E-state index >= 15 is 0 Å². The van der Waals surface area contributed by atoms with Crippen molar-refractivity contribution < 1.29 is 18.4 Å². The Morgan fingerprint density at radius 2 is 1.61 bits per heavy atom. The number of benzene rings is 4. The number of aryl methyl sites for hydroxylation is 1. The monoisotopic (exact) mass is 552 g/mol. The molecule has 1 unspecified atom stereocenters. The van der Waals surface area contributed by atoms with Crippen LogP contribution in [-0.2, 0) is 6.54 Å². The van der Waals surface area contributed by atoms with Crippen molar-refractivity contribution in [1.29, 1.82) is 0 Å². The van der Waals surface area contributed by atoms with Gasteiger partial charge in [0.25, 0.3) is 0 Å². The molecule has 0 aliphatic heterocycles. The molecule has 5 rings (SSSR count).